The van der Waals surface area contributed by atoms with Gasteiger partial charge in [-0.25, -0.2) is 4.39 Å². The number of hydrogen-bond acceptors (Lipinski definition) is 2. The Morgan fingerprint density at radius 1 is 1.24 bits per heavy atom. The largest absolute Gasteiger partial charge is 0.348 e. The van der Waals surface area contributed by atoms with E-state index >= 15 is 0 Å². The Hall–Kier alpha value is -2.23. The predicted octanol–water partition coefficient (Wildman–Crippen LogP) is 2.15. The summed E-state index contributed by atoms with van der Waals surface area (Å²) >= 11 is 0. The van der Waals surface area contributed by atoms with Gasteiger partial charge in [0, 0.05) is 24.5 Å². The van der Waals surface area contributed by atoms with Crippen molar-refractivity contribution in [3.05, 3.63) is 65.7 Å². The Bertz CT molecular complexity index is 514. The molecule has 0 fully saturated rings. The predicted molar refractivity (Wildman–Crippen MR) is 61.8 cm³/mol. The quantitative estimate of drug-likeness (QED) is 0.877. The Morgan fingerprint density at radius 2 is 2.06 bits per heavy atom. The number of rotatable bonds is 3. The standard InChI is InChI=1S/C13H11FN2O/c14-12-6-2-1-4-10(12)9-16-13(17)11-5-3-7-15-8-11/h1-8H,9H2,(H,16,17). The Morgan fingerprint density at radius 3 is 2.76 bits per heavy atom. The first-order chi connectivity index (χ1) is 8.27. The van der Waals surface area contributed by atoms with Crippen LogP contribution in [-0.4, -0.2) is 10.9 Å². The van der Waals surface area contributed by atoms with E-state index in [1.807, 2.05) is 0 Å². The van der Waals surface area contributed by atoms with E-state index < -0.39 is 0 Å². The average molecular weight is 230 g/mol. The van der Waals surface area contributed by atoms with Crippen LogP contribution in [0.5, 0.6) is 0 Å². The smallest absolute Gasteiger partial charge is 0.253 e. The van der Waals surface area contributed by atoms with Crippen molar-refractivity contribution in [3.8, 4) is 0 Å². The van der Waals surface area contributed by atoms with Gasteiger partial charge in [0.05, 0.1) is 5.56 Å². The molecule has 0 spiro atoms. The van der Waals surface area contributed by atoms with Crippen molar-refractivity contribution < 1.29 is 9.18 Å². The van der Waals surface area contributed by atoms with Crippen LogP contribution in [0.4, 0.5) is 4.39 Å². The summed E-state index contributed by atoms with van der Waals surface area (Å²) in [5.74, 6) is -0.583. The van der Waals surface area contributed by atoms with Crippen molar-refractivity contribution in [3.63, 3.8) is 0 Å². The molecule has 0 saturated heterocycles. The molecule has 0 atom stereocenters. The molecule has 1 N–H and O–H groups in total. The number of carbonyl (C=O) groups is 1. The van der Waals surface area contributed by atoms with Gasteiger partial charge in [0.25, 0.3) is 5.91 Å². The molecule has 0 saturated carbocycles. The molecule has 0 aliphatic carbocycles. The molecular formula is C13H11FN2O. The first kappa shape index (κ1) is 11.3. The molecule has 2 rings (SSSR count). The first-order valence-corrected chi connectivity index (χ1v) is 5.19. The summed E-state index contributed by atoms with van der Waals surface area (Å²) in [6.45, 7) is 0.167. The molecule has 0 unspecified atom stereocenters. The highest BCUT2D eigenvalue weighted by atomic mass is 19.1. The fourth-order valence-electron chi connectivity index (χ4n) is 1.42. The van der Waals surface area contributed by atoms with Gasteiger partial charge in [-0.1, -0.05) is 18.2 Å². The Labute approximate surface area is 98.3 Å². The first-order valence-electron chi connectivity index (χ1n) is 5.19. The lowest BCUT2D eigenvalue weighted by molar-refractivity contribution is 0.0950. The summed E-state index contributed by atoms with van der Waals surface area (Å²) in [4.78, 5) is 15.5. The molecule has 0 radical (unpaired) electrons. The molecular weight excluding hydrogens is 219 g/mol. The lowest BCUT2D eigenvalue weighted by Crippen LogP contribution is -2.23. The summed E-state index contributed by atoms with van der Waals surface area (Å²) in [6, 6.07) is 9.68. The van der Waals surface area contributed by atoms with E-state index in [9.17, 15) is 9.18 Å². The topological polar surface area (TPSA) is 42.0 Å². The van der Waals surface area contributed by atoms with Crippen molar-refractivity contribution >= 4 is 5.91 Å². The summed E-state index contributed by atoms with van der Waals surface area (Å²) in [7, 11) is 0. The van der Waals surface area contributed by atoms with Gasteiger partial charge in [-0.2, -0.15) is 0 Å². The van der Waals surface area contributed by atoms with Gasteiger partial charge < -0.3 is 5.32 Å². The third-order valence-corrected chi connectivity index (χ3v) is 2.32. The number of aromatic nitrogens is 1. The molecule has 17 heavy (non-hydrogen) atoms. The van der Waals surface area contributed by atoms with E-state index in [1.165, 1.54) is 12.3 Å². The number of pyridine rings is 1. The number of nitrogens with zero attached hydrogens (tertiary/aromatic N) is 1. The van der Waals surface area contributed by atoms with E-state index in [2.05, 4.69) is 10.3 Å². The van der Waals surface area contributed by atoms with E-state index in [-0.39, 0.29) is 18.3 Å². The molecule has 1 amide bonds. The third-order valence-electron chi connectivity index (χ3n) is 2.32. The number of amides is 1. The highest BCUT2D eigenvalue weighted by Crippen LogP contribution is 2.06. The minimum atomic E-state index is -0.320. The van der Waals surface area contributed by atoms with E-state index in [0.717, 1.165) is 0 Å². The maximum atomic E-state index is 13.3. The van der Waals surface area contributed by atoms with Crippen LogP contribution in [0.15, 0.2) is 48.8 Å². The summed E-state index contributed by atoms with van der Waals surface area (Å²) < 4.78 is 13.3. The zero-order valence-electron chi connectivity index (χ0n) is 9.06. The molecule has 86 valence electrons. The number of halogens is 1. The van der Waals surface area contributed by atoms with E-state index in [0.29, 0.717) is 11.1 Å². The Balaban J connectivity index is 2.00. The number of hydrogen-bond donors (Lipinski definition) is 1. The molecule has 1 aromatic carbocycles. The van der Waals surface area contributed by atoms with Crippen LogP contribution in [0.2, 0.25) is 0 Å². The molecule has 0 aliphatic heterocycles. The molecule has 1 heterocycles. The number of benzene rings is 1. The van der Waals surface area contributed by atoms with Crippen LogP contribution in [0.25, 0.3) is 0 Å². The SMILES string of the molecule is O=C(NCc1ccccc1F)c1cccnc1. The van der Waals surface area contributed by atoms with Gasteiger partial charge >= 0.3 is 0 Å². The normalized spacial score (nSPS) is 9.94. The summed E-state index contributed by atoms with van der Waals surface area (Å²) in [6.07, 6.45) is 3.06. The third kappa shape index (κ3) is 2.87. The molecule has 3 nitrogen and oxygen atoms in total. The fraction of sp³-hybridized carbons (Fsp3) is 0.0769. The van der Waals surface area contributed by atoms with Crippen molar-refractivity contribution in [2.24, 2.45) is 0 Å². The fourth-order valence-corrected chi connectivity index (χ4v) is 1.42. The highest BCUT2D eigenvalue weighted by molar-refractivity contribution is 5.93. The second kappa shape index (κ2) is 5.21. The van der Waals surface area contributed by atoms with Crippen molar-refractivity contribution in [1.82, 2.24) is 10.3 Å². The second-order valence-corrected chi connectivity index (χ2v) is 3.52. The minimum absolute atomic E-state index is 0.167. The lowest BCUT2D eigenvalue weighted by atomic mass is 10.2. The van der Waals surface area contributed by atoms with Crippen LogP contribution in [-0.2, 0) is 6.54 Å². The van der Waals surface area contributed by atoms with Crippen molar-refractivity contribution in [1.29, 1.82) is 0 Å². The summed E-state index contributed by atoms with van der Waals surface area (Å²) in [5.41, 5.74) is 0.925. The maximum Gasteiger partial charge on any atom is 0.253 e. The number of carbonyl (C=O) groups excluding carboxylic acids is 1. The molecule has 4 heteroatoms. The van der Waals surface area contributed by atoms with Crippen LogP contribution >= 0.6 is 0 Å². The van der Waals surface area contributed by atoms with Crippen LogP contribution in [0.1, 0.15) is 15.9 Å². The monoisotopic (exact) mass is 230 g/mol. The van der Waals surface area contributed by atoms with Gasteiger partial charge in [-0.15, -0.1) is 0 Å². The van der Waals surface area contributed by atoms with Gasteiger partial charge in [0.1, 0.15) is 5.82 Å². The van der Waals surface area contributed by atoms with Crippen molar-refractivity contribution in [2.45, 2.75) is 6.54 Å². The number of nitrogens with one attached hydrogen (secondary N) is 1. The van der Waals surface area contributed by atoms with Crippen LogP contribution in [0.3, 0.4) is 0 Å². The van der Waals surface area contributed by atoms with E-state index in [4.69, 9.17) is 0 Å². The van der Waals surface area contributed by atoms with Gasteiger partial charge in [0.2, 0.25) is 0 Å². The highest BCUT2D eigenvalue weighted by Gasteiger charge is 2.06. The van der Waals surface area contributed by atoms with Crippen LogP contribution in [0, 0.1) is 5.82 Å². The van der Waals surface area contributed by atoms with Crippen LogP contribution < -0.4 is 5.32 Å². The summed E-state index contributed by atoms with van der Waals surface area (Å²) in [5, 5.41) is 2.64. The van der Waals surface area contributed by atoms with E-state index in [1.54, 1.807) is 36.5 Å². The molecule has 1 aromatic heterocycles. The molecule has 2 aromatic rings. The van der Waals surface area contributed by atoms with Gasteiger partial charge in [-0.3, -0.25) is 9.78 Å². The zero-order valence-corrected chi connectivity index (χ0v) is 9.06. The average Bonchev–Trinajstić information content (AvgIpc) is 2.38. The lowest BCUT2D eigenvalue weighted by Gasteiger charge is -2.05. The Kier molecular flexibility index (Phi) is 3.45. The van der Waals surface area contributed by atoms with Crippen molar-refractivity contribution in [2.75, 3.05) is 0 Å². The molecule has 0 aliphatic rings. The maximum absolute atomic E-state index is 13.3. The molecule has 0 bridgehead atoms. The van der Waals surface area contributed by atoms with Gasteiger partial charge in [0.15, 0.2) is 0 Å². The zero-order chi connectivity index (χ0) is 12.1. The van der Waals surface area contributed by atoms with Gasteiger partial charge in [-0.05, 0) is 18.2 Å². The minimum Gasteiger partial charge on any atom is -0.348 e. The second-order valence-electron chi connectivity index (χ2n) is 3.52.